The van der Waals surface area contributed by atoms with Gasteiger partial charge in [0, 0.05) is 43.4 Å². The summed E-state index contributed by atoms with van der Waals surface area (Å²) < 4.78 is 57.9. The average molecular weight is 691 g/mol. The summed E-state index contributed by atoms with van der Waals surface area (Å²) in [6, 6.07) is 6.91. The minimum absolute atomic E-state index is 0.0923. The maximum absolute atomic E-state index is 13.9. The number of alkyl halides is 3. The van der Waals surface area contributed by atoms with Crippen molar-refractivity contribution in [1.29, 1.82) is 5.41 Å². The van der Waals surface area contributed by atoms with E-state index in [4.69, 9.17) is 19.6 Å². The Balaban J connectivity index is 1.51. The number of nitrogens with zero attached hydrogens (tertiary/aromatic N) is 2. The van der Waals surface area contributed by atoms with Gasteiger partial charge in [-0.1, -0.05) is 20.8 Å². The fraction of sp³-hybridized carbons (Fsp3) is 0.500. The Morgan fingerprint density at radius 3 is 2.29 bits per heavy atom. The summed E-state index contributed by atoms with van der Waals surface area (Å²) in [5, 5.41) is 11.4. The van der Waals surface area contributed by atoms with Crippen LogP contribution >= 0.6 is 0 Å². The molecule has 2 N–H and O–H groups in total. The summed E-state index contributed by atoms with van der Waals surface area (Å²) in [4.78, 5) is 52.7. The quantitative estimate of drug-likeness (QED) is 0.198. The molecular weight excluding hydrogens is 649 g/mol. The van der Waals surface area contributed by atoms with Crippen LogP contribution in [-0.4, -0.2) is 93.7 Å². The lowest BCUT2D eigenvalue weighted by atomic mass is 9.84. The number of rotatable bonds is 11. The van der Waals surface area contributed by atoms with Gasteiger partial charge >= 0.3 is 18.1 Å². The molecule has 0 atom stereocenters. The molecule has 12 nitrogen and oxygen atoms in total. The van der Waals surface area contributed by atoms with Crippen LogP contribution in [0, 0.1) is 5.41 Å². The van der Waals surface area contributed by atoms with Crippen molar-refractivity contribution in [2.75, 3.05) is 51.9 Å². The number of carbonyl (C=O) groups excluding carboxylic acids is 4. The summed E-state index contributed by atoms with van der Waals surface area (Å²) in [5.41, 5.74) is 3.08. The predicted molar refractivity (Wildman–Crippen MR) is 173 cm³/mol. The zero-order valence-corrected chi connectivity index (χ0v) is 28.3. The van der Waals surface area contributed by atoms with E-state index in [9.17, 15) is 32.3 Å². The summed E-state index contributed by atoms with van der Waals surface area (Å²) in [7, 11) is 3.06. The van der Waals surface area contributed by atoms with Crippen LogP contribution < -0.4 is 19.7 Å². The van der Waals surface area contributed by atoms with Gasteiger partial charge in [0.25, 0.3) is 5.91 Å². The monoisotopic (exact) mass is 690 g/mol. The maximum Gasteiger partial charge on any atom is 0.491 e. The van der Waals surface area contributed by atoms with E-state index in [2.05, 4.69) is 10.1 Å². The molecular formula is C34H41F3N4O8. The molecule has 266 valence electrons. The van der Waals surface area contributed by atoms with Crippen LogP contribution in [0.15, 0.2) is 24.3 Å². The fourth-order valence-electron chi connectivity index (χ4n) is 5.84. The summed E-state index contributed by atoms with van der Waals surface area (Å²) in [6.07, 6.45) is -4.96. The van der Waals surface area contributed by atoms with Gasteiger partial charge in [0.05, 0.1) is 37.6 Å². The Morgan fingerprint density at radius 1 is 1.04 bits per heavy atom. The molecule has 0 unspecified atom stereocenters. The lowest BCUT2D eigenvalue weighted by Crippen LogP contribution is -2.39. The topological polar surface area (TPSA) is 148 Å². The van der Waals surface area contributed by atoms with E-state index < -0.39 is 36.2 Å². The number of benzene rings is 2. The maximum atomic E-state index is 13.9. The van der Waals surface area contributed by atoms with Gasteiger partial charge in [0.15, 0.2) is 5.78 Å². The minimum Gasteiger partial charge on any atom is -0.494 e. The van der Waals surface area contributed by atoms with E-state index in [-0.39, 0.29) is 30.6 Å². The van der Waals surface area contributed by atoms with Crippen LogP contribution in [0.25, 0.3) is 0 Å². The third kappa shape index (κ3) is 8.50. The molecule has 0 aliphatic carbocycles. The van der Waals surface area contributed by atoms with Gasteiger partial charge in [0.1, 0.15) is 23.9 Å². The molecule has 2 aliphatic heterocycles. The molecule has 1 saturated heterocycles. The number of nitrogens with one attached hydrogen (secondary N) is 2. The van der Waals surface area contributed by atoms with Gasteiger partial charge in [-0.25, -0.2) is 9.59 Å². The summed E-state index contributed by atoms with van der Waals surface area (Å²) in [6.45, 7) is 8.39. The normalized spacial score (nSPS) is 15.2. The molecule has 49 heavy (non-hydrogen) atoms. The number of amides is 1. The Morgan fingerprint density at radius 2 is 1.71 bits per heavy atom. The first-order valence-corrected chi connectivity index (χ1v) is 15.8. The van der Waals surface area contributed by atoms with Crippen molar-refractivity contribution >= 4 is 35.2 Å². The number of halogens is 3. The van der Waals surface area contributed by atoms with Gasteiger partial charge in [-0.2, -0.15) is 13.2 Å². The van der Waals surface area contributed by atoms with E-state index in [1.807, 2.05) is 32.6 Å². The SMILES string of the molecule is CCOc1cc2c(cc1C(=O)NC)C(=N)N(CC(=O)c1cc(N3CCC(OCC(=O)OC(=O)C(F)(F)F)CC3)c(OC)c(C(C)(C)C)c1)C2. The van der Waals surface area contributed by atoms with Crippen molar-refractivity contribution in [3.8, 4) is 11.5 Å². The number of methoxy groups -OCH3 is 1. The number of anilines is 1. The van der Waals surface area contributed by atoms with E-state index in [1.54, 1.807) is 36.3 Å². The van der Waals surface area contributed by atoms with E-state index in [1.165, 1.54) is 7.05 Å². The highest BCUT2D eigenvalue weighted by atomic mass is 19.4. The van der Waals surface area contributed by atoms with E-state index >= 15 is 0 Å². The molecule has 1 amide bonds. The summed E-state index contributed by atoms with van der Waals surface area (Å²) >= 11 is 0. The number of esters is 2. The molecule has 1 fully saturated rings. The molecule has 2 aromatic rings. The van der Waals surface area contributed by atoms with Crippen LogP contribution in [0.4, 0.5) is 18.9 Å². The number of hydrogen-bond acceptors (Lipinski definition) is 10. The molecule has 2 aliphatic rings. The van der Waals surface area contributed by atoms with Crippen LogP contribution in [0.2, 0.25) is 0 Å². The number of fused-ring (bicyclic) bond motifs is 1. The van der Waals surface area contributed by atoms with Crippen molar-refractivity contribution in [2.24, 2.45) is 0 Å². The molecule has 0 spiro atoms. The second-order valence-corrected chi connectivity index (χ2v) is 12.7. The fourth-order valence-corrected chi connectivity index (χ4v) is 5.84. The second kappa shape index (κ2) is 14.8. The third-order valence-electron chi connectivity index (χ3n) is 8.30. The molecule has 2 heterocycles. The standard InChI is InChI=1S/C34H41F3N4O8/c1-7-47-27-14-20-16-41(30(38)22(20)15-23(27)31(44)39-5)17-26(42)19-12-24(33(2,3)4)29(46-6)25(13-19)40-10-8-21(9-11-40)48-18-28(43)49-32(45)34(35,36)37/h12-15,21,38H,7-11,16-18H2,1-6H3,(H,39,44). The highest BCUT2D eigenvalue weighted by Gasteiger charge is 2.42. The van der Waals surface area contributed by atoms with E-state index in [0.717, 1.165) is 11.1 Å². The first-order valence-electron chi connectivity index (χ1n) is 15.8. The van der Waals surface area contributed by atoms with Crippen molar-refractivity contribution in [2.45, 2.75) is 64.8 Å². The zero-order chi connectivity index (χ0) is 36.3. The molecule has 0 aromatic heterocycles. The van der Waals surface area contributed by atoms with Gasteiger partial charge < -0.3 is 34.1 Å². The van der Waals surface area contributed by atoms with Crippen LogP contribution in [0.1, 0.15) is 77.9 Å². The molecule has 2 aromatic carbocycles. The van der Waals surface area contributed by atoms with Crippen LogP contribution in [0.3, 0.4) is 0 Å². The van der Waals surface area contributed by atoms with Crippen molar-refractivity contribution in [3.05, 3.63) is 52.1 Å². The highest BCUT2D eigenvalue weighted by Crippen LogP contribution is 2.41. The highest BCUT2D eigenvalue weighted by molar-refractivity contribution is 6.08. The van der Waals surface area contributed by atoms with Crippen LogP contribution in [0.5, 0.6) is 11.5 Å². The second-order valence-electron chi connectivity index (χ2n) is 12.7. The number of Topliss-reactive ketones (excluding diaryl/α,β-unsaturated/α-hetero) is 1. The molecule has 0 bridgehead atoms. The Bertz CT molecular complexity index is 1630. The Kier molecular flexibility index (Phi) is 11.3. The van der Waals surface area contributed by atoms with Gasteiger partial charge in [-0.15, -0.1) is 0 Å². The minimum atomic E-state index is -5.28. The first-order chi connectivity index (χ1) is 23.0. The third-order valence-corrected chi connectivity index (χ3v) is 8.30. The lowest BCUT2D eigenvalue weighted by Gasteiger charge is -2.36. The Labute approximate surface area is 282 Å². The molecule has 0 saturated carbocycles. The molecule has 0 radical (unpaired) electrons. The lowest BCUT2D eigenvalue weighted by molar-refractivity contribution is -0.203. The first kappa shape index (κ1) is 37.2. The largest absolute Gasteiger partial charge is 0.494 e. The summed E-state index contributed by atoms with van der Waals surface area (Å²) in [5.74, 6) is -3.48. The van der Waals surface area contributed by atoms with Crippen molar-refractivity contribution in [1.82, 2.24) is 10.2 Å². The molecule has 15 heteroatoms. The van der Waals surface area contributed by atoms with Gasteiger partial charge in [-0.3, -0.25) is 15.0 Å². The van der Waals surface area contributed by atoms with E-state index in [0.29, 0.717) is 66.4 Å². The number of ketones is 1. The molecule has 4 rings (SSSR count). The van der Waals surface area contributed by atoms with Gasteiger partial charge in [0.2, 0.25) is 0 Å². The average Bonchev–Trinajstić information content (AvgIpc) is 3.34. The van der Waals surface area contributed by atoms with Crippen molar-refractivity contribution < 1.29 is 51.3 Å². The Hall–Kier alpha value is -4.66. The van der Waals surface area contributed by atoms with Gasteiger partial charge in [-0.05, 0) is 55.0 Å². The number of amidine groups is 1. The zero-order valence-electron chi connectivity index (χ0n) is 28.3. The number of ether oxygens (including phenoxy) is 4. The van der Waals surface area contributed by atoms with Crippen LogP contribution in [-0.2, 0) is 31.0 Å². The predicted octanol–water partition coefficient (Wildman–Crippen LogP) is 4.39. The number of hydrogen-bond donors (Lipinski definition) is 2. The number of carbonyl (C=O) groups is 4. The van der Waals surface area contributed by atoms with Crippen molar-refractivity contribution in [3.63, 3.8) is 0 Å². The number of piperidine rings is 1. The smallest absolute Gasteiger partial charge is 0.491 e.